The van der Waals surface area contributed by atoms with Gasteiger partial charge in [-0.1, -0.05) is 34.6 Å². The quantitative estimate of drug-likeness (QED) is 0.614. The molecule has 0 saturated heterocycles. The zero-order chi connectivity index (χ0) is 8.98. The molecule has 0 unspecified atom stereocenters. The van der Waals surface area contributed by atoms with E-state index in [1.807, 2.05) is 0 Å². The molecule has 0 aromatic heterocycles. The summed E-state index contributed by atoms with van der Waals surface area (Å²) in [6.07, 6.45) is 0. The molecule has 72 valence electrons. The Bertz CT molecular complexity index is 77.2. The monoisotopic (exact) mass is 178 g/mol. The minimum atomic E-state index is -1.18. The van der Waals surface area contributed by atoms with Crippen molar-refractivity contribution in [1.82, 2.24) is 0 Å². The lowest BCUT2D eigenvalue weighted by molar-refractivity contribution is 1.20. The summed E-state index contributed by atoms with van der Waals surface area (Å²) in [5.41, 5.74) is 0. The number of hydrogen-bond donors (Lipinski definition) is 1. The van der Waals surface area contributed by atoms with Gasteiger partial charge in [-0.15, -0.1) is 0 Å². The fourth-order valence-electron chi connectivity index (χ4n) is 2.24. The molecule has 0 saturated carbocycles. The Morgan fingerprint density at radius 2 is 0.727 bits per heavy atom. The van der Waals surface area contributed by atoms with Crippen molar-refractivity contribution in [3.63, 3.8) is 0 Å². The van der Waals surface area contributed by atoms with Crippen LogP contribution in [0.2, 0.25) is 0 Å². The molecule has 0 aliphatic heterocycles. The highest BCUT2D eigenvalue weighted by atomic mass is 32.3. The fraction of sp³-hybridized carbons (Fsp3) is 1.00. The molecule has 0 spiro atoms. The summed E-state index contributed by atoms with van der Waals surface area (Å²) in [5, 5.41) is 0. The van der Waals surface area contributed by atoms with Gasteiger partial charge < -0.3 is 0 Å². The van der Waals surface area contributed by atoms with Crippen LogP contribution < -0.4 is 0 Å². The minimum absolute atomic E-state index is 1.18. The van der Waals surface area contributed by atoms with Gasteiger partial charge in [-0.3, -0.25) is 9.16 Å². The van der Waals surface area contributed by atoms with Gasteiger partial charge in [-0.25, -0.2) is 0 Å². The largest absolute Gasteiger partial charge is 0.284 e. The molecule has 0 nitrogen and oxygen atoms in total. The SMILES string of the molecule is CC[SH](CC)(CC)(CC)CC. The van der Waals surface area contributed by atoms with E-state index < -0.39 is 9.16 Å². The van der Waals surface area contributed by atoms with E-state index in [4.69, 9.17) is 0 Å². The van der Waals surface area contributed by atoms with Crippen LogP contribution in [0.25, 0.3) is 0 Å². The zero-order valence-electron chi connectivity index (χ0n) is 8.98. The molecule has 1 heteroatoms. The molecule has 0 rings (SSSR count). The molecule has 11 heavy (non-hydrogen) atoms. The van der Waals surface area contributed by atoms with Gasteiger partial charge in [0, 0.05) is 0 Å². The summed E-state index contributed by atoms with van der Waals surface area (Å²) in [6, 6.07) is 0. The molecule has 0 radical (unpaired) electrons. The number of rotatable bonds is 5. The van der Waals surface area contributed by atoms with Crippen molar-refractivity contribution in [3.05, 3.63) is 0 Å². The van der Waals surface area contributed by atoms with Crippen LogP contribution >= 0.6 is 9.16 Å². The highest BCUT2D eigenvalue weighted by Gasteiger charge is 2.32. The first-order valence-corrected chi connectivity index (χ1v) is 8.28. The van der Waals surface area contributed by atoms with Crippen LogP contribution in [0.1, 0.15) is 34.6 Å². The van der Waals surface area contributed by atoms with E-state index in [0.717, 1.165) is 0 Å². The average Bonchev–Trinajstić information content (AvgIpc) is 2.12. The Labute approximate surface area is 73.1 Å². The lowest BCUT2D eigenvalue weighted by Crippen LogP contribution is -2.30. The number of hydrogen-bond acceptors (Lipinski definition) is 0. The molecule has 0 N–H and O–H groups in total. The van der Waals surface area contributed by atoms with Crippen LogP contribution in [-0.2, 0) is 0 Å². The highest BCUT2D eigenvalue weighted by Crippen LogP contribution is 2.67. The van der Waals surface area contributed by atoms with Crippen molar-refractivity contribution in [2.75, 3.05) is 28.8 Å². The summed E-state index contributed by atoms with van der Waals surface area (Å²) in [4.78, 5) is 0. The Morgan fingerprint density at radius 3 is 0.727 bits per heavy atom. The molecule has 0 bridgehead atoms. The second-order valence-corrected chi connectivity index (χ2v) is 11.5. The third kappa shape index (κ3) is 1.74. The van der Waals surface area contributed by atoms with Crippen LogP contribution in [-0.4, -0.2) is 28.8 Å². The first-order valence-electron chi connectivity index (χ1n) is 5.12. The maximum absolute atomic E-state index is 2.40. The van der Waals surface area contributed by atoms with Crippen molar-refractivity contribution < 1.29 is 0 Å². The molecule has 0 aliphatic rings. The Balaban J connectivity index is 4.67. The van der Waals surface area contributed by atoms with E-state index in [2.05, 4.69) is 34.6 Å². The number of thiol groups is 1. The molecule has 0 aromatic rings. The maximum Gasteiger partial charge on any atom is -0.0385 e. The standard InChI is InChI=1S/C10H26S/c1-6-11(7-2,8-3,9-4)10-5/h11H,6-10H2,1-5H3. The van der Waals surface area contributed by atoms with E-state index in [1.165, 1.54) is 28.8 Å². The second kappa shape index (κ2) is 3.84. The maximum atomic E-state index is 2.40. The van der Waals surface area contributed by atoms with E-state index in [0.29, 0.717) is 0 Å². The van der Waals surface area contributed by atoms with E-state index in [9.17, 15) is 0 Å². The summed E-state index contributed by atoms with van der Waals surface area (Å²) >= 11 is 0. The van der Waals surface area contributed by atoms with Gasteiger partial charge in [-0.2, -0.15) is 0 Å². The Kier molecular flexibility index (Phi) is 3.96. The lowest BCUT2D eigenvalue weighted by atomic mass is 10.9. The van der Waals surface area contributed by atoms with Crippen LogP contribution in [0.5, 0.6) is 0 Å². The Hall–Kier alpha value is 0.350. The third-order valence-electron chi connectivity index (χ3n) is 4.47. The van der Waals surface area contributed by atoms with Gasteiger partial charge in [-0.05, 0) is 28.8 Å². The van der Waals surface area contributed by atoms with Crippen molar-refractivity contribution in [2.24, 2.45) is 0 Å². The topological polar surface area (TPSA) is 0 Å². The van der Waals surface area contributed by atoms with E-state index >= 15 is 0 Å². The summed E-state index contributed by atoms with van der Waals surface area (Å²) in [6.45, 7) is 12.0. The van der Waals surface area contributed by atoms with Crippen molar-refractivity contribution >= 4 is 9.16 Å². The molecular weight excluding hydrogens is 152 g/mol. The van der Waals surface area contributed by atoms with Gasteiger partial charge in [0.05, 0.1) is 0 Å². The van der Waals surface area contributed by atoms with Crippen molar-refractivity contribution in [1.29, 1.82) is 0 Å². The second-order valence-electron chi connectivity index (χ2n) is 3.82. The predicted molar refractivity (Wildman–Crippen MR) is 61.7 cm³/mol. The first kappa shape index (κ1) is 11.4. The highest BCUT2D eigenvalue weighted by molar-refractivity contribution is 8.49. The van der Waals surface area contributed by atoms with E-state index in [-0.39, 0.29) is 0 Å². The molecule has 0 aromatic carbocycles. The van der Waals surface area contributed by atoms with E-state index in [1.54, 1.807) is 0 Å². The third-order valence-corrected chi connectivity index (χ3v) is 13.4. The smallest absolute Gasteiger partial charge is 0.0385 e. The molecule has 0 aliphatic carbocycles. The van der Waals surface area contributed by atoms with Crippen LogP contribution in [0.15, 0.2) is 0 Å². The normalized spacial score (nSPS) is 15.9. The van der Waals surface area contributed by atoms with Gasteiger partial charge >= 0.3 is 0 Å². The zero-order valence-corrected chi connectivity index (χ0v) is 9.88. The fourth-order valence-corrected chi connectivity index (χ4v) is 6.71. The van der Waals surface area contributed by atoms with Crippen LogP contribution in [0.4, 0.5) is 0 Å². The van der Waals surface area contributed by atoms with Crippen molar-refractivity contribution in [3.8, 4) is 0 Å². The molecule has 0 atom stereocenters. The molecule has 0 amide bonds. The van der Waals surface area contributed by atoms with Crippen molar-refractivity contribution in [2.45, 2.75) is 34.6 Å². The lowest BCUT2D eigenvalue weighted by Gasteiger charge is -2.59. The minimum Gasteiger partial charge on any atom is -0.284 e. The molecule has 0 fully saturated rings. The van der Waals surface area contributed by atoms with Gasteiger partial charge in [0.1, 0.15) is 0 Å². The summed E-state index contributed by atoms with van der Waals surface area (Å²) in [5.74, 6) is 7.32. The van der Waals surface area contributed by atoms with Gasteiger partial charge in [0.2, 0.25) is 0 Å². The van der Waals surface area contributed by atoms with Crippen LogP contribution in [0, 0.1) is 0 Å². The molecular formula is C10H26S. The summed E-state index contributed by atoms with van der Waals surface area (Å²) in [7, 11) is -1.18. The Morgan fingerprint density at radius 1 is 0.545 bits per heavy atom. The first-order chi connectivity index (χ1) is 5.12. The summed E-state index contributed by atoms with van der Waals surface area (Å²) < 4.78 is 0. The van der Waals surface area contributed by atoms with Crippen LogP contribution in [0.3, 0.4) is 0 Å². The average molecular weight is 178 g/mol. The molecule has 0 heterocycles. The predicted octanol–water partition coefficient (Wildman–Crippen LogP) is 3.16. The van der Waals surface area contributed by atoms with Gasteiger partial charge in [0.25, 0.3) is 0 Å². The van der Waals surface area contributed by atoms with Gasteiger partial charge in [0.15, 0.2) is 0 Å².